The fraction of sp³-hybridized carbons (Fsp3) is 0.353. The molecular weight excluding hydrogens is 320 g/mol. The van der Waals surface area contributed by atoms with Gasteiger partial charge in [0.1, 0.15) is 12.1 Å². The highest BCUT2D eigenvalue weighted by Crippen LogP contribution is 2.26. The SMILES string of the molecule is Cc1noc([C@@H]2CCCN(C(=O)c3ccnc(-n4ccnc4)c3)C2)n1. The molecule has 3 aromatic rings. The quantitative estimate of drug-likeness (QED) is 0.725. The third kappa shape index (κ3) is 3.15. The van der Waals surface area contributed by atoms with Crippen molar-refractivity contribution in [3.05, 3.63) is 54.3 Å². The fourth-order valence-corrected chi connectivity index (χ4v) is 3.11. The van der Waals surface area contributed by atoms with Crippen LogP contribution in [-0.4, -0.2) is 48.6 Å². The third-order valence-corrected chi connectivity index (χ3v) is 4.36. The lowest BCUT2D eigenvalue weighted by molar-refractivity contribution is 0.0695. The van der Waals surface area contributed by atoms with Crippen LogP contribution in [0.2, 0.25) is 0 Å². The summed E-state index contributed by atoms with van der Waals surface area (Å²) in [6.45, 7) is 3.11. The molecule has 128 valence electrons. The van der Waals surface area contributed by atoms with E-state index >= 15 is 0 Å². The van der Waals surface area contributed by atoms with Crippen LogP contribution in [0.5, 0.6) is 0 Å². The number of aromatic nitrogens is 5. The summed E-state index contributed by atoms with van der Waals surface area (Å²) in [6.07, 6.45) is 8.64. The minimum atomic E-state index is -0.00953. The lowest BCUT2D eigenvalue weighted by atomic mass is 9.97. The summed E-state index contributed by atoms with van der Waals surface area (Å²) < 4.78 is 7.06. The van der Waals surface area contributed by atoms with E-state index in [0.29, 0.717) is 29.6 Å². The molecule has 4 heterocycles. The number of pyridine rings is 1. The minimum Gasteiger partial charge on any atom is -0.339 e. The summed E-state index contributed by atoms with van der Waals surface area (Å²) in [5.74, 6) is 1.99. The van der Waals surface area contributed by atoms with Gasteiger partial charge in [0.15, 0.2) is 5.82 Å². The Morgan fingerprint density at radius 2 is 2.28 bits per heavy atom. The van der Waals surface area contributed by atoms with Crippen molar-refractivity contribution in [2.75, 3.05) is 13.1 Å². The van der Waals surface area contributed by atoms with E-state index < -0.39 is 0 Å². The van der Waals surface area contributed by atoms with E-state index in [-0.39, 0.29) is 11.8 Å². The average molecular weight is 338 g/mol. The van der Waals surface area contributed by atoms with Crippen LogP contribution in [0.25, 0.3) is 5.82 Å². The van der Waals surface area contributed by atoms with Gasteiger partial charge in [0.2, 0.25) is 5.89 Å². The second-order valence-corrected chi connectivity index (χ2v) is 6.14. The summed E-state index contributed by atoms with van der Waals surface area (Å²) in [5.41, 5.74) is 0.612. The maximum atomic E-state index is 12.9. The van der Waals surface area contributed by atoms with Gasteiger partial charge >= 0.3 is 0 Å². The van der Waals surface area contributed by atoms with Crippen LogP contribution in [-0.2, 0) is 0 Å². The molecule has 1 saturated heterocycles. The number of likely N-dealkylation sites (tertiary alicyclic amines) is 1. The zero-order chi connectivity index (χ0) is 17.2. The van der Waals surface area contributed by atoms with Crippen molar-refractivity contribution >= 4 is 5.91 Å². The van der Waals surface area contributed by atoms with Gasteiger partial charge in [-0.05, 0) is 31.9 Å². The third-order valence-electron chi connectivity index (χ3n) is 4.36. The van der Waals surface area contributed by atoms with Gasteiger partial charge in [0.25, 0.3) is 5.91 Å². The van der Waals surface area contributed by atoms with Crippen LogP contribution in [0.3, 0.4) is 0 Å². The van der Waals surface area contributed by atoms with Crippen LogP contribution >= 0.6 is 0 Å². The molecule has 0 saturated carbocycles. The van der Waals surface area contributed by atoms with Gasteiger partial charge in [-0.25, -0.2) is 9.97 Å². The molecule has 0 unspecified atom stereocenters. The highest BCUT2D eigenvalue weighted by Gasteiger charge is 2.29. The molecule has 0 aliphatic carbocycles. The van der Waals surface area contributed by atoms with E-state index in [1.165, 1.54) is 0 Å². The Kier molecular flexibility index (Phi) is 4.01. The van der Waals surface area contributed by atoms with E-state index in [1.54, 1.807) is 48.5 Å². The molecule has 25 heavy (non-hydrogen) atoms. The maximum absolute atomic E-state index is 12.9. The van der Waals surface area contributed by atoms with E-state index in [2.05, 4.69) is 20.1 Å². The van der Waals surface area contributed by atoms with Crippen molar-refractivity contribution in [3.63, 3.8) is 0 Å². The van der Waals surface area contributed by atoms with Gasteiger partial charge in [-0.3, -0.25) is 9.36 Å². The van der Waals surface area contributed by atoms with Gasteiger partial charge in [-0.1, -0.05) is 5.16 Å². The largest absolute Gasteiger partial charge is 0.339 e. The van der Waals surface area contributed by atoms with Crippen LogP contribution in [0.1, 0.15) is 40.8 Å². The first-order chi connectivity index (χ1) is 12.2. The average Bonchev–Trinajstić information content (AvgIpc) is 3.33. The monoisotopic (exact) mass is 338 g/mol. The maximum Gasteiger partial charge on any atom is 0.254 e. The van der Waals surface area contributed by atoms with E-state index in [9.17, 15) is 4.79 Å². The Morgan fingerprint density at radius 3 is 3.04 bits per heavy atom. The predicted molar refractivity (Wildman–Crippen MR) is 88.3 cm³/mol. The number of aryl methyl sites for hydroxylation is 1. The molecule has 0 radical (unpaired) electrons. The number of hydrogen-bond acceptors (Lipinski definition) is 6. The summed E-state index contributed by atoms with van der Waals surface area (Å²) >= 11 is 0. The number of carbonyl (C=O) groups is 1. The number of rotatable bonds is 3. The number of imidazole rings is 1. The molecule has 8 nitrogen and oxygen atoms in total. The number of hydrogen-bond donors (Lipinski definition) is 0. The fourth-order valence-electron chi connectivity index (χ4n) is 3.11. The van der Waals surface area contributed by atoms with Gasteiger partial charge < -0.3 is 9.42 Å². The second kappa shape index (κ2) is 6.46. The van der Waals surface area contributed by atoms with Crippen molar-refractivity contribution in [3.8, 4) is 5.82 Å². The van der Waals surface area contributed by atoms with E-state index in [1.807, 2.05) is 4.90 Å². The topological polar surface area (TPSA) is 89.9 Å². The smallest absolute Gasteiger partial charge is 0.254 e. The highest BCUT2D eigenvalue weighted by molar-refractivity contribution is 5.94. The van der Waals surface area contributed by atoms with Crippen molar-refractivity contribution in [1.82, 2.24) is 29.6 Å². The van der Waals surface area contributed by atoms with Crippen molar-refractivity contribution < 1.29 is 9.32 Å². The Balaban J connectivity index is 1.53. The minimum absolute atomic E-state index is 0.00953. The molecule has 1 fully saturated rings. The molecule has 3 aromatic heterocycles. The zero-order valence-corrected chi connectivity index (χ0v) is 13.9. The second-order valence-electron chi connectivity index (χ2n) is 6.14. The molecule has 0 aromatic carbocycles. The molecule has 1 aliphatic heterocycles. The Labute approximate surface area is 144 Å². The van der Waals surface area contributed by atoms with Crippen LogP contribution in [0.4, 0.5) is 0 Å². The Hall–Kier alpha value is -3.03. The summed E-state index contributed by atoms with van der Waals surface area (Å²) in [6, 6.07) is 3.52. The molecule has 1 amide bonds. The van der Waals surface area contributed by atoms with Gasteiger partial charge in [-0.15, -0.1) is 0 Å². The normalized spacial score (nSPS) is 17.6. The first-order valence-electron chi connectivity index (χ1n) is 8.24. The van der Waals surface area contributed by atoms with Gasteiger partial charge in [-0.2, -0.15) is 4.98 Å². The predicted octanol–water partition coefficient (Wildman–Crippen LogP) is 1.98. The molecular formula is C17H18N6O2. The van der Waals surface area contributed by atoms with Gasteiger partial charge in [0.05, 0.1) is 5.92 Å². The number of nitrogens with zero attached hydrogens (tertiary/aromatic N) is 6. The van der Waals surface area contributed by atoms with Crippen molar-refractivity contribution in [2.45, 2.75) is 25.7 Å². The molecule has 4 rings (SSSR count). The van der Waals surface area contributed by atoms with Crippen molar-refractivity contribution in [1.29, 1.82) is 0 Å². The lowest BCUT2D eigenvalue weighted by Crippen LogP contribution is -2.39. The van der Waals surface area contributed by atoms with Crippen LogP contribution in [0.15, 0.2) is 41.6 Å². The first-order valence-corrected chi connectivity index (χ1v) is 8.24. The zero-order valence-electron chi connectivity index (χ0n) is 13.9. The summed E-state index contributed by atoms with van der Waals surface area (Å²) in [5, 5.41) is 3.85. The molecule has 1 aliphatic rings. The van der Waals surface area contributed by atoms with E-state index in [0.717, 1.165) is 19.4 Å². The Morgan fingerprint density at radius 1 is 1.36 bits per heavy atom. The molecule has 0 spiro atoms. The summed E-state index contributed by atoms with van der Waals surface area (Å²) in [4.78, 5) is 27.4. The molecule has 8 heteroatoms. The lowest BCUT2D eigenvalue weighted by Gasteiger charge is -2.31. The first kappa shape index (κ1) is 15.5. The number of carbonyl (C=O) groups excluding carboxylic acids is 1. The Bertz CT molecular complexity index is 873. The van der Waals surface area contributed by atoms with Crippen LogP contribution in [0, 0.1) is 6.92 Å². The molecule has 0 bridgehead atoms. The van der Waals surface area contributed by atoms with Gasteiger partial charge in [0, 0.05) is 37.2 Å². The summed E-state index contributed by atoms with van der Waals surface area (Å²) in [7, 11) is 0. The highest BCUT2D eigenvalue weighted by atomic mass is 16.5. The number of amides is 1. The molecule has 1 atom stereocenters. The van der Waals surface area contributed by atoms with E-state index in [4.69, 9.17) is 4.52 Å². The number of piperidine rings is 1. The molecule has 0 N–H and O–H groups in total. The standard InChI is InChI=1S/C17H18N6O2/c1-12-20-16(25-21-12)14-3-2-7-22(10-14)17(24)13-4-5-19-15(9-13)23-8-6-18-11-23/h4-6,8-9,11,14H,2-3,7,10H2,1H3/t14-/m1/s1. The van der Waals surface area contributed by atoms with Crippen molar-refractivity contribution in [2.24, 2.45) is 0 Å². The van der Waals surface area contributed by atoms with Crippen LogP contribution < -0.4 is 0 Å².